The second-order valence-corrected chi connectivity index (χ2v) is 7.65. The third-order valence-corrected chi connectivity index (χ3v) is 4.90. The number of ether oxygens (including phenoxy) is 1. The van der Waals surface area contributed by atoms with E-state index in [9.17, 15) is 4.79 Å². The molecule has 0 heterocycles. The summed E-state index contributed by atoms with van der Waals surface area (Å²) >= 11 is 0. The topological polar surface area (TPSA) is 58.6 Å². The normalized spacial score (nSPS) is 11.8. The van der Waals surface area contributed by atoms with Crippen LogP contribution in [0.5, 0.6) is 5.75 Å². The van der Waals surface area contributed by atoms with Crippen molar-refractivity contribution in [1.82, 2.24) is 0 Å². The van der Waals surface area contributed by atoms with Crippen molar-refractivity contribution in [3.8, 4) is 16.9 Å². The summed E-state index contributed by atoms with van der Waals surface area (Å²) in [6.45, 7) is 5.85. The fourth-order valence-electron chi connectivity index (χ4n) is 2.98. The van der Waals surface area contributed by atoms with E-state index in [4.69, 9.17) is 9.84 Å². The molecule has 3 aromatic carbocycles. The van der Waals surface area contributed by atoms with Gasteiger partial charge in [0.25, 0.3) is 0 Å². The second-order valence-electron chi connectivity index (χ2n) is 7.65. The van der Waals surface area contributed by atoms with Crippen molar-refractivity contribution in [1.29, 1.82) is 0 Å². The Kier molecular flexibility index (Phi) is 6.58. The zero-order chi connectivity index (χ0) is 21.6. The van der Waals surface area contributed by atoms with Crippen LogP contribution in [0.2, 0.25) is 0 Å². The highest BCUT2D eigenvalue weighted by Gasteiger charge is 2.29. The standard InChI is InChI=1S/C26H27NO3/c1-19(20-9-11-22(12-10-20)21-7-5-4-6-8-21)17-18-27-23-13-15-24(16-14-23)30-26(2,3)25(28)29/h4-17,27H,18H2,1-3H3,(H,28,29). The molecule has 0 saturated heterocycles. The molecule has 3 rings (SSSR count). The van der Waals surface area contributed by atoms with Gasteiger partial charge in [-0.1, -0.05) is 60.7 Å². The van der Waals surface area contributed by atoms with Crippen LogP contribution >= 0.6 is 0 Å². The second kappa shape index (κ2) is 9.31. The first-order valence-corrected chi connectivity index (χ1v) is 9.94. The number of carboxylic acid groups (broad SMARTS) is 1. The molecule has 3 aromatic rings. The minimum Gasteiger partial charge on any atom is -0.478 e. The van der Waals surface area contributed by atoms with Crippen LogP contribution in [0.25, 0.3) is 16.7 Å². The smallest absolute Gasteiger partial charge is 0.347 e. The van der Waals surface area contributed by atoms with Crippen molar-refractivity contribution >= 4 is 17.2 Å². The Morgan fingerprint density at radius 1 is 0.933 bits per heavy atom. The van der Waals surface area contributed by atoms with E-state index in [-0.39, 0.29) is 0 Å². The van der Waals surface area contributed by atoms with E-state index in [1.807, 2.05) is 30.3 Å². The maximum Gasteiger partial charge on any atom is 0.347 e. The van der Waals surface area contributed by atoms with E-state index < -0.39 is 11.6 Å². The molecule has 2 N–H and O–H groups in total. The molecule has 0 fully saturated rings. The van der Waals surface area contributed by atoms with Gasteiger partial charge < -0.3 is 15.2 Å². The van der Waals surface area contributed by atoms with Gasteiger partial charge in [-0.3, -0.25) is 0 Å². The lowest BCUT2D eigenvalue weighted by atomic mass is 10.0. The van der Waals surface area contributed by atoms with E-state index in [0.717, 1.165) is 5.69 Å². The molecule has 0 radical (unpaired) electrons. The van der Waals surface area contributed by atoms with Gasteiger partial charge >= 0.3 is 5.97 Å². The molecule has 4 heteroatoms. The summed E-state index contributed by atoms with van der Waals surface area (Å²) < 4.78 is 5.52. The average Bonchev–Trinajstić information content (AvgIpc) is 2.75. The lowest BCUT2D eigenvalue weighted by molar-refractivity contribution is -0.152. The molecule has 0 bridgehead atoms. The zero-order valence-electron chi connectivity index (χ0n) is 17.6. The molecular weight excluding hydrogens is 374 g/mol. The molecule has 0 spiro atoms. The summed E-state index contributed by atoms with van der Waals surface area (Å²) in [5.74, 6) is -0.472. The maximum absolute atomic E-state index is 11.2. The number of benzene rings is 3. The van der Waals surface area contributed by atoms with Gasteiger partial charge in [-0.05, 0) is 67.3 Å². The summed E-state index contributed by atoms with van der Waals surface area (Å²) in [7, 11) is 0. The van der Waals surface area contributed by atoms with E-state index in [1.54, 1.807) is 12.1 Å². The number of rotatable bonds is 8. The van der Waals surface area contributed by atoms with Gasteiger partial charge in [0.2, 0.25) is 0 Å². The van der Waals surface area contributed by atoms with Crippen LogP contribution in [0.15, 0.2) is 84.9 Å². The van der Waals surface area contributed by atoms with E-state index in [1.165, 1.54) is 36.1 Å². The minimum absolute atomic E-state index is 0.526. The van der Waals surface area contributed by atoms with Crippen LogP contribution in [-0.2, 0) is 4.79 Å². The average molecular weight is 402 g/mol. The van der Waals surface area contributed by atoms with Crippen molar-refractivity contribution in [3.05, 3.63) is 90.5 Å². The lowest BCUT2D eigenvalue weighted by Gasteiger charge is -2.21. The molecule has 0 aliphatic heterocycles. The molecule has 154 valence electrons. The molecule has 0 atom stereocenters. The fourth-order valence-corrected chi connectivity index (χ4v) is 2.98. The van der Waals surface area contributed by atoms with Crippen molar-refractivity contribution in [3.63, 3.8) is 0 Å². The quantitative estimate of drug-likeness (QED) is 0.478. The van der Waals surface area contributed by atoms with E-state index in [2.05, 4.69) is 54.7 Å². The number of hydrogen-bond acceptors (Lipinski definition) is 3. The summed E-state index contributed by atoms with van der Waals surface area (Å²) in [4.78, 5) is 11.2. The highest BCUT2D eigenvalue weighted by atomic mass is 16.5. The van der Waals surface area contributed by atoms with Crippen molar-refractivity contribution < 1.29 is 14.6 Å². The summed E-state index contributed by atoms with van der Waals surface area (Å²) in [6, 6.07) is 26.2. The fraction of sp³-hybridized carbons (Fsp3) is 0.192. The van der Waals surface area contributed by atoms with Gasteiger partial charge in [-0.15, -0.1) is 0 Å². The molecule has 0 amide bonds. The molecule has 0 aliphatic rings. The monoisotopic (exact) mass is 401 g/mol. The molecule has 0 unspecified atom stereocenters. The molecular formula is C26H27NO3. The molecule has 4 nitrogen and oxygen atoms in total. The van der Waals surface area contributed by atoms with E-state index in [0.29, 0.717) is 12.3 Å². The predicted octanol–water partition coefficient (Wildman–Crippen LogP) is 6.11. The molecule has 0 saturated carbocycles. The van der Waals surface area contributed by atoms with Crippen LogP contribution in [0.3, 0.4) is 0 Å². The molecule has 30 heavy (non-hydrogen) atoms. The first kappa shape index (κ1) is 21.2. The lowest BCUT2D eigenvalue weighted by Crippen LogP contribution is -2.37. The van der Waals surface area contributed by atoms with Gasteiger partial charge in [0, 0.05) is 12.2 Å². The number of nitrogens with one attached hydrogen (secondary N) is 1. The van der Waals surface area contributed by atoms with Gasteiger partial charge in [0.05, 0.1) is 0 Å². The highest BCUT2D eigenvalue weighted by molar-refractivity contribution is 5.76. The number of anilines is 1. The number of carboxylic acids is 1. The van der Waals surface area contributed by atoms with Crippen LogP contribution in [0.1, 0.15) is 26.3 Å². The predicted molar refractivity (Wildman–Crippen MR) is 123 cm³/mol. The largest absolute Gasteiger partial charge is 0.478 e. The van der Waals surface area contributed by atoms with Crippen LogP contribution < -0.4 is 10.1 Å². The SMILES string of the molecule is CC(=CCNc1ccc(OC(C)(C)C(=O)O)cc1)c1ccc(-c2ccccc2)cc1. The first-order chi connectivity index (χ1) is 14.3. The van der Waals surface area contributed by atoms with Crippen molar-refractivity contribution in [2.45, 2.75) is 26.4 Å². The van der Waals surface area contributed by atoms with Crippen LogP contribution in [0, 0.1) is 0 Å². The minimum atomic E-state index is -1.26. The third kappa shape index (κ3) is 5.51. The number of allylic oxidation sites excluding steroid dienone is 1. The van der Waals surface area contributed by atoms with Gasteiger partial charge in [0.15, 0.2) is 5.60 Å². The van der Waals surface area contributed by atoms with Gasteiger partial charge in [-0.2, -0.15) is 0 Å². The Morgan fingerprint density at radius 3 is 2.13 bits per heavy atom. The summed E-state index contributed by atoms with van der Waals surface area (Å²) in [5, 5.41) is 12.5. The number of carbonyl (C=O) groups is 1. The zero-order valence-corrected chi connectivity index (χ0v) is 17.6. The van der Waals surface area contributed by atoms with Crippen LogP contribution in [0.4, 0.5) is 5.69 Å². The first-order valence-electron chi connectivity index (χ1n) is 9.94. The Bertz CT molecular complexity index is 1000. The van der Waals surface area contributed by atoms with Gasteiger partial charge in [-0.25, -0.2) is 4.79 Å². The Hall–Kier alpha value is -3.53. The van der Waals surface area contributed by atoms with E-state index >= 15 is 0 Å². The Labute approximate surface area is 177 Å². The molecule has 0 aromatic heterocycles. The molecule has 0 aliphatic carbocycles. The highest BCUT2D eigenvalue weighted by Crippen LogP contribution is 2.23. The van der Waals surface area contributed by atoms with Crippen molar-refractivity contribution in [2.24, 2.45) is 0 Å². The Morgan fingerprint density at radius 2 is 1.53 bits per heavy atom. The third-order valence-electron chi connectivity index (χ3n) is 4.90. The maximum atomic E-state index is 11.2. The van der Waals surface area contributed by atoms with Crippen LogP contribution in [-0.4, -0.2) is 23.2 Å². The van der Waals surface area contributed by atoms with Crippen molar-refractivity contribution in [2.75, 3.05) is 11.9 Å². The summed E-state index contributed by atoms with van der Waals surface area (Å²) in [5.41, 5.74) is 4.50. The number of hydrogen-bond donors (Lipinski definition) is 2. The summed E-state index contributed by atoms with van der Waals surface area (Å²) in [6.07, 6.45) is 2.15. The Balaban J connectivity index is 1.56. The number of aliphatic carboxylic acids is 1. The van der Waals surface area contributed by atoms with Gasteiger partial charge in [0.1, 0.15) is 5.75 Å².